The van der Waals surface area contributed by atoms with Gasteiger partial charge in [-0.15, -0.1) is 10.2 Å². The van der Waals surface area contributed by atoms with Crippen LogP contribution < -0.4 is 11.2 Å². The summed E-state index contributed by atoms with van der Waals surface area (Å²) in [7, 11) is 0. The maximum Gasteiger partial charge on any atom is 0.453 e. The summed E-state index contributed by atoms with van der Waals surface area (Å²) in [6, 6.07) is 0.171. The zero-order valence-electron chi connectivity index (χ0n) is 10.5. The summed E-state index contributed by atoms with van der Waals surface area (Å²) in [6.45, 7) is 0. The van der Waals surface area contributed by atoms with E-state index >= 15 is 0 Å². The summed E-state index contributed by atoms with van der Waals surface area (Å²) in [4.78, 5) is 11.6. The molecule has 0 unspecified atom stereocenters. The van der Waals surface area contributed by atoms with Crippen molar-refractivity contribution in [1.29, 1.82) is 0 Å². The number of amides is 1. The molecule has 0 radical (unpaired) electrons. The Labute approximate surface area is 117 Å². The number of alkyl halides is 3. The lowest BCUT2D eigenvalue weighted by molar-refractivity contribution is -0.146. The number of thioether (sulfide) groups is 1. The highest BCUT2D eigenvalue weighted by Crippen LogP contribution is 2.28. The topological polar surface area (TPSA) is 85.8 Å². The monoisotopic (exact) mass is 309 g/mol. The molecule has 0 saturated heterocycles. The fourth-order valence-corrected chi connectivity index (χ4v) is 2.71. The molecule has 1 aromatic heterocycles. The Morgan fingerprint density at radius 3 is 2.60 bits per heavy atom. The standard InChI is InChI=1S/C10H14F3N5OS/c11-10(12,13)8-16-17-9(18(8)14)20-5-7(19)15-6-3-1-2-4-6/h6H,1-5,14H2,(H,15,19). The number of hydrogen-bond acceptors (Lipinski definition) is 5. The fraction of sp³-hybridized carbons (Fsp3) is 0.700. The molecule has 0 atom stereocenters. The number of nitrogens with one attached hydrogen (secondary N) is 1. The van der Waals surface area contributed by atoms with E-state index < -0.39 is 12.0 Å². The molecule has 0 spiro atoms. The van der Waals surface area contributed by atoms with Gasteiger partial charge in [0.25, 0.3) is 5.82 Å². The van der Waals surface area contributed by atoms with Crippen LogP contribution in [0.1, 0.15) is 31.5 Å². The van der Waals surface area contributed by atoms with Crippen LogP contribution in [0.5, 0.6) is 0 Å². The summed E-state index contributed by atoms with van der Waals surface area (Å²) in [5.41, 5.74) is 0. The molecule has 3 N–H and O–H groups in total. The summed E-state index contributed by atoms with van der Waals surface area (Å²) in [5.74, 6) is 3.70. The average molecular weight is 309 g/mol. The lowest BCUT2D eigenvalue weighted by Crippen LogP contribution is -2.34. The van der Waals surface area contributed by atoms with Crippen molar-refractivity contribution in [3.63, 3.8) is 0 Å². The molecule has 2 rings (SSSR count). The third kappa shape index (κ3) is 3.56. The molecule has 0 bridgehead atoms. The lowest BCUT2D eigenvalue weighted by Gasteiger charge is -2.11. The SMILES string of the molecule is Nn1c(SCC(=O)NC2CCCC2)nnc1C(F)(F)F. The van der Waals surface area contributed by atoms with Gasteiger partial charge in [-0.25, -0.2) is 4.68 Å². The molecule has 1 aliphatic carbocycles. The van der Waals surface area contributed by atoms with E-state index in [1.54, 1.807) is 0 Å². The Kier molecular flexibility index (Phi) is 4.41. The lowest BCUT2D eigenvalue weighted by atomic mass is 10.2. The second-order valence-corrected chi connectivity index (χ2v) is 5.45. The molecule has 1 amide bonds. The largest absolute Gasteiger partial charge is 0.453 e. The maximum atomic E-state index is 12.4. The van der Waals surface area contributed by atoms with E-state index in [2.05, 4.69) is 15.5 Å². The van der Waals surface area contributed by atoms with Crippen LogP contribution in [-0.2, 0) is 11.0 Å². The van der Waals surface area contributed by atoms with Gasteiger partial charge >= 0.3 is 6.18 Å². The second kappa shape index (κ2) is 5.90. The first kappa shape index (κ1) is 14.9. The van der Waals surface area contributed by atoms with Crippen LogP contribution in [0.3, 0.4) is 0 Å². The number of hydrogen-bond donors (Lipinski definition) is 2. The number of nitrogens with zero attached hydrogens (tertiary/aromatic N) is 3. The first-order chi connectivity index (χ1) is 9.38. The van der Waals surface area contributed by atoms with Gasteiger partial charge in [0.05, 0.1) is 5.75 Å². The summed E-state index contributed by atoms with van der Waals surface area (Å²) < 4.78 is 37.7. The van der Waals surface area contributed by atoms with Gasteiger partial charge in [0, 0.05) is 6.04 Å². The second-order valence-electron chi connectivity index (χ2n) is 4.51. The molecule has 112 valence electrons. The van der Waals surface area contributed by atoms with Crippen molar-refractivity contribution in [3.05, 3.63) is 5.82 Å². The van der Waals surface area contributed by atoms with Gasteiger partial charge in [0.2, 0.25) is 11.1 Å². The first-order valence-electron chi connectivity index (χ1n) is 6.08. The van der Waals surface area contributed by atoms with Crippen LogP contribution in [-0.4, -0.2) is 32.6 Å². The van der Waals surface area contributed by atoms with Crippen molar-refractivity contribution < 1.29 is 18.0 Å². The van der Waals surface area contributed by atoms with E-state index in [9.17, 15) is 18.0 Å². The van der Waals surface area contributed by atoms with Gasteiger partial charge in [-0.1, -0.05) is 24.6 Å². The van der Waals surface area contributed by atoms with Gasteiger partial charge in [-0.3, -0.25) is 4.79 Å². The number of halogens is 3. The first-order valence-corrected chi connectivity index (χ1v) is 7.06. The molecular formula is C10H14F3N5OS. The summed E-state index contributed by atoms with van der Waals surface area (Å²) in [5, 5.41) is 9.00. The molecule has 0 aromatic carbocycles. The number of aromatic nitrogens is 3. The van der Waals surface area contributed by atoms with Crippen LogP contribution in [0, 0.1) is 0 Å². The van der Waals surface area contributed by atoms with E-state index in [0.717, 1.165) is 37.4 Å². The third-order valence-electron chi connectivity index (χ3n) is 2.97. The number of nitrogens with two attached hydrogens (primary N) is 1. The molecule has 1 heterocycles. The van der Waals surface area contributed by atoms with Gasteiger partial charge in [0.15, 0.2) is 0 Å². The predicted molar refractivity (Wildman–Crippen MR) is 66.3 cm³/mol. The average Bonchev–Trinajstić information content (AvgIpc) is 2.95. The molecule has 1 aliphatic rings. The maximum absolute atomic E-state index is 12.4. The molecule has 0 aliphatic heterocycles. The van der Waals surface area contributed by atoms with E-state index in [1.807, 2.05) is 0 Å². The van der Waals surface area contributed by atoms with Crippen LogP contribution in [0.25, 0.3) is 0 Å². The Morgan fingerprint density at radius 2 is 2.05 bits per heavy atom. The zero-order chi connectivity index (χ0) is 14.8. The van der Waals surface area contributed by atoms with Crippen molar-refractivity contribution in [1.82, 2.24) is 20.2 Å². The number of carbonyl (C=O) groups is 1. The van der Waals surface area contributed by atoms with Crippen molar-refractivity contribution in [2.45, 2.75) is 43.1 Å². The smallest absolute Gasteiger partial charge is 0.353 e. The van der Waals surface area contributed by atoms with Crippen LogP contribution in [0.15, 0.2) is 5.16 Å². The van der Waals surface area contributed by atoms with E-state index in [4.69, 9.17) is 5.84 Å². The third-order valence-corrected chi connectivity index (χ3v) is 3.91. The quantitative estimate of drug-likeness (QED) is 0.644. The van der Waals surface area contributed by atoms with E-state index in [0.29, 0.717) is 4.68 Å². The number of nitrogen functional groups attached to an aromatic ring is 1. The van der Waals surface area contributed by atoms with Gasteiger partial charge in [-0.2, -0.15) is 13.2 Å². The highest BCUT2D eigenvalue weighted by molar-refractivity contribution is 7.99. The normalized spacial score (nSPS) is 16.6. The van der Waals surface area contributed by atoms with Crippen LogP contribution in [0.2, 0.25) is 0 Å². The Bertz CT molecular complexity index is 484. The molecule has 1 aromatic rings. The van der Waals surface area contributed by atoms with Gasteiger partial charge in [-0.05, 0) is 12.8 Å². The molecular weight excluding hydrogens is 295 g/mol. The highest BCUT2D eigenvalue weighted by atomic mass is 32.2. The van der Waals surface area contributed by atoms with Crippen molar-refractivity contribution in [2.75, 3.05) is 11.6 Å². The van der Waals surface area contributed by atoms with E-state index in [-0.39, 0.29) is 22.9 Å². The Balaban J connectivity index is 1.87. The van der Waals surface area contributed by atoms with Gasteiger partial charge < -0.3 is 11.2 Å². The fourth-order valence-electron chi connectivity index (χ4n) is 2.04. The Hall–Kier alpha value is -1.45. The zero-order valence-corrected chi connectivity index (χ0v) is 11.3. The summed E-state index contributed by atoms with van der Waals surface area (Å²) >= 11 is 0.828. The van der Waals surface area contributed by atoms with Gasteiger partial charge in [0.1, 0.15) is 0 Å². The minimum absolute atomic E-state index is 0.0380. The molecule has 20 heavy (non-hydrogen) atoms. The van der Waals surface area contributed by atoms with Crippen molar-refractivity contribution >= 4 is 17.7 Å². The van der Waals surface area contributed by atoms with Crippen LogP contribution >= 0.6 is 11.8 Å². The van der Waals surface area contributed by atoms with Crippen LogP contribution in [0.4, 0.5) is 13.2 Å². The highest BCUT2D eigenvalue weighted by Gasteiger charge is 2.38. The van der Waals surface area contributed by atoms with Crippen molar-refractivity contribution in [2.24, 2.45) is 0 Å². The molecule has 10 heteroatoms. The number of rotatable bonds is 4. The predicted octanol–water partition coefficient (Wildman–Crippen LogP) is 1.16. The summed E-state index contributed by atoms with van der Waals surface area (Å²) in [6.07, 6.45) is -0.593. The minimum atomic E-state index is -4.66. The minimum Gasteiger partial charge on any atom is -0.353 e. The Morgan fingerprint density at radius 1 is 1.40 bits per heavy atom. The van der Waals surface area contributed by atoms with E-state index in [1.165, 1.54) is 0 Å². The van der Waals surface area contributed by atoms with Crippen molar-refractivity contribution in [3.8, 4) is 0 Å². The number of carbonyl (C=O) groups excluding carboxylic acids is 1. The molecule has 1 fully saturated rings. The molecule has 1 saturated carbocycles. The molecule has 6 nitrogen and oxygen atoms in total.